The normalized spacial score (nSPS) is 10.9. The monoisotopic (exact) mass is 391 g/mol. The van der Waals surface area contributed by atoms with Crippen LogP contribution in [-0.4, -0.2) is 38.1 Å². The van der Waals surface area contributed by atoms with Gasteiger partial charge in [0.2, 0.25) is 5.78 Å². The Kier molecular flexibility index (Phi) is 6.67. The van der Waals surface area contributed by atoms with Gasteiger partial charge in [-0.3, -0.25) is 9.59 Å². The van der Waals surface area contributed by atoms with Gasteiger partial charge in [0.05, 0.1) is 32.6 Å². The molecule has 0 aliphatic heterocycles. The number of benzene rings is 2. The lowest BCUT2D eigenvalue weighted by atomic mass is 10.1. The summed E-state index contributed by atoms with van der Waals surface area (Å²) in [6, 6.07) is 9.26. The summed E-state index contributed by atoms with van der Waals surface area (Å²) >= 11 is 5.89. The number of ketones is 1. The first-order chi connectivity index (χ1) is 12.9. The molecular formula is C19H18ClNO6. The second kappa shape index (κ2) is 8.95. The highest BCUT2D eigenvalue weighted by atomic mass is 35.5. The molecule has 8 heteroatoms. The van der Waals surface area contributed by atoms with Gasteiger partial charge in [-0.2, -0.15) is 0 Å². The molecule has 2 aromatic rings. The van der Waals surface area contributed by atoms with E-state index in [-0.39, 0.29) is 11.3 Å². The van der Waals surface area contributed by atoms with Crippen molar-refractivity contribution in [2.24, 2.45) is 0 Å². The van der Waals surface area contributed by atoms with Crippen LogP contribution >= 0.6 is 11.6 Å². The van der Waals surface area contributed by atoms with Gasteiger partial charge in [-0.15, -0.1) is 0 Å². The third kappa shape index (κ3) is 4.92. The molecule has 0 bridgehead atoms. The van der Waals surface area contributed by atoms with Gasteiger partial charge >= 0.3 is 0 Å². The number of ether oxygens (including phenoxy) is 3. The van der Waals surface area contributed by atoms with Gasteiger partial charge < -0.3 is 24.6 Å². The summed E-state index contributed by atoms with van der Waals surface area (Å²) in [5, 5.41) is 13.0. The van der Waals surface area contributed by atoms with Crippen LogP contribution in [-0.2, 0) is 9.59 Å². The molecule has 2 rings (SSSR count). The first kappa shape index (κ1) is 20.1. The number of carbonyl (C=O) groups is 2. The van der Waals surface area contributed by atoms with Crippen LogP contribution in [0, 0.1) is 0 Å². The zero-order valence-corrected chi connectivity index (χ0v) is 15.7. The first-order valence-corrected chi connectivity index (χ1v) is 8.09. The predicted molar refractivity (Wildman–Crippen MR) is 102 cm³/mol. The van der Waals surface area contributed by atoms with Crippen LogP contribution < -0.4 is 19.5 Å². The van der Waals surface area contributed by atoms with Crippen LogP contribution in [0.4, 0.5) is 5.69 Å². The highest BCUT2D eigenvalue weighted by Gasteiger charge is 2.17. The largest absolute Gasteiger partial charge is 0.507 e. The molecule has 0 radical (unpaired) electrons. The number of methoxy groups -OCH3 is 3. The Morgan fingerprint density at radius 2 is 1.67 bits per heavy atom. The summed E-state index contributed by atoms with van der Waals surface area (Å²) in [6.07, 6.45) is 0.795. The number of aliphatic hydroxyl groups excluding tert-OH is 1. The van der Waals surface area contributed by atoms with Gasteiger partial charge in [0.15, 0.2) is 0 Å². The van der Waals surface area contributed by atoms with E-state index in [4.69, 9.17) is 25.8 Å². The first-order valence-electron chi connectivity index (χ1n) is 7.71. The minimum atomic E-state index is -0.973. The van der Waals surface area contributed by atoms with Gasteiger partial charge in [0.1, 0.15) is 23.0 Å². The molecule has 0 saturated carbocycles. The van der Waals surface area contributed by atoms with Crippen molar-refractivity contribution in [1.29, 1.82) is 0 Å². The quantitative estimate of drug-likeness (QED) is 0.426. The van der Waals surface area contributed by atoms with Crippen LogP contribution in [0.5, 0.6) is 17.2 Å². The average Bonchev–Trinajstić information content (AvgIpc) is 2.67. The number of aliphatic hydroxyl groups is 1. The van der Waals surface area contributed by atoms with Gasteiger partial charge in [-0.25, -0.2) is 0 Å². The fourth-order valence-corrected chi connectivity index (χ4v) is 2.42. The molecular weight excluding hydrogens is 374 g/mol. The van der Waals surface area contributed by atoms with Crippen molar-refractivity contribution in [3.8, 4) is 17.2 Å². The van der Waals surface area contributed by atoms with Crippen molar-refractivity contribution in [3.63, 3.8) is 0 Å². The molecule has 0 heterocycles. The predicted octanol–water partition coefficient (Wildman–Crippen LogP) is 3.47. The highest BCUT2D eigenvalue weighted by molar-refractivity contribution is 6.45. The van der Waals surface area contributed by atoms with Crippen molar-refractivity contribution >= 4 is 34.7 Å². The SMILES string of the molecule is COc1ccc(OC)c(C(O)=CC(=O)C(=O)Nc2cc(Cl)ccc2OC)c1. The van der Waals surface area contributed by atoms with Crippen molar-refractivity contribution in [2.45, 2.75) is 0 Å². The Balaban J connectivity index is 2.25. The van der Waals surface area contributed by atoms with Crippen molar-refractivity contribution in [3.05, 3.63) is 53.1 Å². The number of rotatable bonds is 7. The van der Waals surface area contributed by atoms with Crippen molar-refractivity contribution in [2.75, 3.05) is 26.6 Å². The fraction of sp³-hybridized carbons (Fsp3) is 0.158. The molecule has 1 amide bonds. The lowest BCUT2D eigenvalue weighted by Crippen LogP contribution is -2.21. The third-order valence-corrected chi connectivity index (χ3v) is 3.82. The number of carbonyl (C=O) groups excluding carboxylic acids is 2. The van der Waals surface area contributed by atoms with E-state index in [2.05, 4.69) is 5.32 Å². The lowest BCUT2D eigenvalue weighted by Gasteiger charge is -2.10. The van der Waals surface area contributed by atoms with Crippen molar-refractivity contribution in [1.82, 2.24) is 0 Å². The molecule has 0 spiro atoms. The molecule has 7 nitrogen and oxygen atoms in total. The Labute approximate surface area is 161 Å². The van der Waals surface area contributed by atoms with Gasteiger partial charge in [-0.05, 0) is 36.4 Å². The molecule has 27 heavy (non-hydrogen) atoms. The van der Waals surface area contributed by atoms with E-state index in [1.54, 1.807) is 24.3 Å². The van der Waals surface area contributed by atoms with E-state index in [9.17, 15) is 14.7 Å². The fourth-order valence-electron chi connectivity index (χ4n) is 2.24. The molecule has 142 valence electrons. The lowest BCUT2D eigenvalue weighted by molar-refractivity contribution is -0.132. The second-order valence-corrected chi connectivity index (χ2v) is 5.70. The van der Waals surface area contributed by atoms with E-state index in [0.29, 0.717) is 22.3 Å². The maximum absolute atomic E-state index is 12.2. The Morgan fingerprint density at radius 1 is 1.00 bits per heavy atom. The van der Waals surface area contributed by atoms with E-state index in [0.717, 1.165) is 6.08 Å². The van der Waals surface area contributed by atoms with Crippen LogP contribution in [0.1, 0.15) is 5.56 Å². The molecule has 2 N–H and O–H groups in total. The number of nitrogens with one attached hydrogen (secondary N) is 1. The van der Waals surface area contributed by atoms with Crippen LogP contribution in [0.25, 0.3) is 5.76 Å². The molecule has 0 aromatic heterocycles. The Morgan fingerprint density at radius 3 is 2.30 bits per heavy atom. The number of halogens is 1. The maximum Gasteiger partial charge on any atom is 0.296 e. The topological polar surface area (TPSA) is 94.1 Å². The zero-order chi connectivity index (χ0) is 20.0. The smallest absolute Gasteiger partial charge is 0.296 e. The Hall–Kier alpha value is -3.19. The molecule has 2 aromatic carbocycles. The minimum Gasteiger partial charge on any atom is -0.507 e. The number of anilines is 1. The summed E-state index contributed by atoms with van der Waals surface area (Å²) < 4.78 is 15.3. The van der Waals surface area contributed by atoms with Crippen LogP contribution in [0.3, 0.4) is 0 Å². The Bertz CT molecular complexity index is 894. The van der Waals surface area contributed by atoms with Gasteiger partial charge in [0.25, 0.3) is 5.91 Å². The van der Waals surface area contributed by atoms with Crippen molar-refractivity contribution < 1.29 is 28.9 Å². The number of hydrogen-bond donors (Lipinski definition) is 2. The molecule has 0 saturated heterocycles. The van der Waals surface area contributed by atoms with E-state index < -0.39 is 17.4 Å². The summed E-state index contributed by atoms with van der Waals surface area (Å²) in [4.78, 5) is 24.3. The summed E-state index contributed by atoms with van der Waals surface area (Å²) in [7, 11) is 4.30. The van der Waals surface area contributed by atoms with Crippen LogP contribution in [0.15, 0.2) is 42.5 Å². The summed E-state index contributed by atoms with van der Waals surface area (Å²) in [5.41, 5.74) is 0.438. The molecule has 0 aliphatic carbocycles. The van der Waals surface area contributed by atoms with E-state index in [1.165, 1.54) is 33.5 Å². The molecule has 0 aliphatic rings. The summed E-state index contributed by atoms with van der Waals surface area (Å²) in [5.74, 6) is -1.28. The molecule has 0 unspecified atom stereocenters. The standard InChI is InChI=1S/C19H18ClNO6/c1-25-12-5-7-17(26-2)13(9-12)15(22)10-16(23)19(24)21-14-8-11(20)4-6-18(14)27-3/h4-10,22H,1-3H3,(H,21,24). The minimum absolute atomic E-state index is 0.207. The number of hydrogen-bond acceptors (Lipinski definition) is 6. The third-order valence-electron chi connectivity index (χ3n) is 3.58. The maximum atomic E-state index is 12.2. The summed E-state index contributed by atoms with van der Waals surface area (Å²) in [6.45, 7) is 0. The van der Waals surface area contributed by atoms with Crippen LogP contribution in [0.2, 0.25) is 5.02 Å². The van der Waals surface area contributed by atoms with Gasteiger partial charge in [0, 0.05) is 11.1 Å². The van der Waals surface area contributed by atoms with Gasteiger partial charge in [-0.1, -0.05) is 11.6 Å². The van der Waals surface area contributed by atoms with E-state index >= 15 is 0 Å². The second-order valence-electron chi connectivity index (χ2n) is 5.26. The average molecular weight is 392 g/mol. The highest BCUT2D eigenvalue weighted by Crippen LogP contribution is 2.29. The molecule has 0 fully saturated rings. The molecule has 0 atom stereocenters. The number of amides is 1. The van der Waals surface area contributed by atoms with E-state index in [1.807, 2.05) is 0 Å². The zero-order valence-electron chi connectivity index (χ0n) is 14.9.